The molecule has 0 fully saturated rings. The van der Waals surface area contributed by atoms with Gasteiger partial charge in [-0.1, -0.05) is 29.5 Å². The van der Waals surface area contributed by atoms with Gasteiger partial charge in [-0.2, -0.15) is 0 Å². The summed E-state index contributed by atoms with van der Waals surface area (Å²) < 4.78 is 7.27. The van der Waals surface area contributed by atoms with Crippen LogP contribution in [0, 0.1) is 13.8 Å². The van der Waals surface area contributed by atoms with Crippen LogP contribution in [0.1, 0.15) is 23.8 Å². The molecule has 0 spiro atoms. The minimum Gasteiger partial charge on any atom is -0.467 e. The molecule has 4 rings (SSSR count). The molecule has 8 heteroatoms. The highest BCUT2D eigenvalue weighted by Gasteiger charge is 2.22. The molecule has 3 aromatic heterocycles. The van der Waals surface area contributed by atoms with E-state index in [0.29, 0.717) is 23.3 Å². The summed E-state index contributed by atoms with van der Waals surface area (Å²) in [6.45, 7) is 6.32. The number of aryl methyl sites for hydroxylation is 2. The van der Waals surface area contributed by atoms with Gasteiger partial charge in [0, 0.05) is 18.0 Å². The largest absolute Gasteiger partial charge is 0.467 e. The predicted octanol–water partition coefficient (Wildman–Crippen LogP) is 4.34. The monoisotopic (exact) mass is 433 g/mol. The zero-order chi connectivity index (χ0) is 21.8. The Morgan fingerprint density at radius 2 is 2.06 bits per heavy atom. The van der Waals surface area contributed by atoms with Gasteiger partial charge in [0.15, 0.2) is 11.0 Å². The van der Waals surface area contributed by atoms with E-state index in [-0.39, 0.29) is 11.2 Å². The molecule has 1 N–H and O–H groups in total. The first-order chi connectivity index (χ1) is 15.0. The first-order valence-corrected chi connectivity index (χ1v) is 10.8. The third-order valence-electron chi connectivity index (χ3n) is 4.81. The van der Waals surface area contributed by atoms with E-state index in [4.69, 9.17) is 4.42 Å². The van der Waals surface area contributed by atoms with Gasteiger partial charge in [-0.05, 0) is 56.7 Å². The Morgan fingerprint density at radius 3 is 2.77 bits per heavy atom. The quantitative estimate of drug-likeness (QED) is 0.437. The molecule has 7 nitrogen and oxygen atoms in total. The summed E-state index contributed by atoms with van der Waals surface area (Å²) in [6.07, 6.45) is 5.08. The van der Waals surface area contributed by atoms with Crippen LogP contribution in [0.4, 0.5) is 0 Å². The number of aromatic nitrogens is 4. The standard InChI is InChI=1S/C23H23N5O2S/c1-15-8-9-20(16(2)12-15)28-21(18-6-4-10-24-13-18)26-27-23(28)31-17(3)22(29)25-14-19-7-5-11-30-19/h4-13,17H,14H2,1-3H3,(H,25,29)/t17-/m0/s1. The van der Waals surface area contributed by atoms with Gasteiger partial charge in [0.05, 0.1) is 23.7 Å². The molecule has 0 saturated heterocycles. The van der Waals surface area contributed by atoms with Crippen LogP contribution in [0.5, 0.6) is 0 Å². The first-order valence-electron chi connectivity index (χ1n) is 9.93. The fourth-order valence-electron chi connectivity index (χ4n) is 3.24. The topological polar surface area (TPSA) is 85.8 Å². The second-order valence-electron chi connectivity index (χ2n) is 7.23. The van der Waals surface area contributed by atoms with Crippen LogP contribution in [0.2, 0.25) is 0 Å². The third-order valence-corrected chi connectivity index (χ3v) is 5.86. The molecule has 1 amide bonds. The molecule has 4 aromatic rings. The molecule has 0 unspecified atom stereocenters. The smallest absolute Gasteiger partial charge is 0.233 e. The molecule has 0 radical (unpaired) electrons. The van der Waals surface area contributed by atoms with Gasteiger partial charge in [-0.3, -0.25) is 14.3 Å². The Hall–Kier alpha value is -3.39. The zero-order valence-electron chi connectivity index (χ0n) is 17.6. The molecule has 158 valence electrons. The molecular weight excluding hydrogens is 410 g/mol. The lowest BCUT2D eigenvalue weighted by atomic mass is 10.1. The minimum atomic E-state index is -0.370. The summed E-state index contributed by atoms with van der Waals surface area (Å²) >= 11 is 1.37. The van der Waals surface area contributed by atoms with Crippen molar-refractivity contribution in [1.82, 2.24) is 25.1 Å². The average Bonchev–Trinajstić information content (AvgIpc) is 3.43. The Balaban J connectivity index is 1.64. The fraction of sp³-hybridized carbons (Fsp3) is 0.217. The van der Waals surface area contributed by atoms with E-state index < -0.39 is 0 Å². The van der Waals surface area contributed by atoms with Gasteiger partial charge in [0.1, 0.15) is 5.76 Å². The van der Waals surface area contributed by atoms with Crippen LogP contribution in [0.15, 0.2) is 70.7 Å². The number of hydrogen-bond acceptors (Lipinski definition) is 6. The molecule has 3 heterocycles. The maximum absolute atomic E-state index is 12.6. The number of carbonyl (C=O) groups excluding carboxylic acids is 1. The molecule has 1 atom stereocenters. The number of thioether (sulfide) groups is 1. The molecule has 0 bridgehead atoms. The maximum atomic E-state index is 12.6. The molecule has 0 aliphatic heterocycles. The summed E-state index contributed by atoms with van der Waals surface area (Å²) in [4.78, 5) is 16.9. The fourth-order valence-corrected chi connectivity index (χ4v) is 4.13. The van der Waals surface area contributed by atoms with E-state index in [9.17, 15) is 4.79 Å². The van der Waals surface area contributed by atoms with Crippen molar-refractivity contribution in [2.75, 3.05) is 0 Å². The maximum Gasteiger partial charge on any atom is 0.233 e. The van der Waals surface area contributed by atoms with Crippen molar-refractivity contribution in [2.45, 2.75) is 37.7 Å². The summed E-state index contributed by atoms with van der Waals surface area (Å²) in [5, 5.41) is 12.0. The van der Waals surface area contributed by atoms with Crippen molar-refractivity contribution in [1.29, 1.82) is 0 Å². The second kappa shape index (κ2) is 9.18. The number of amides is 1. The Morgan fingerprint density at radius 1 is 1.19 bits per heavy atom. The van der Waals surface area contributed by atoms with Crippen molar-refractivity contribution in [3.8, 4) is 17.1 Å². The molecule has 1 aromatic carbocycles. The number of furan rings is 1. The molecule has 0 aliphatic carbocycles. The Kier molecular flexibility index (Phi) is 6.18. The van der Waals surface area contributed by atoms with Gasteiger partial charge < -0.3 is 9.73 Å². The average molecular weight is 434 g/mol. The van der Waals surface area contributed by atoms with Crippen LogP contribution in [-0.2, 0) is 11.3 Å². The van der Waals surface area contributed by atoms with Crippen molar-refractivity contribution in [3.63, 3.8) is 0 Å². The van der Waals surface area contributed by atoms with Gasteiger partial charge >= 0.3 is 0 Å². The summed E-state index contributed by atoms with van der Waals surface area (Å²) in [5.41, 5.74) is 4.11. The number of benzene rings is 1. The van der Waals surface area contributed by atoms with E-state index in [1.165, 1.54) is 17.3 Å². The van der Waals surface area contributed by atoms with Crippen molar-refractivity contribution in [2.24, 2.45) is 0 Å². The highest BCUT2D eigenvalue weighted by atomic mass is 32.2. The lowest BCUT2D eigenvalue weighted by molar-refractivity contribution is -0.120. The van der Waals surface area contributed by atoms with E-state index in [0.717, 1.165) is 16.8 Å². The van der Waals surface area contributed by atoms with Crippen LogP contribution >= 0.6 is 11.8 Å². The lowest BCUT2D eigenvalue weighted by Crippen LogP contribution is -2.30. The molecule has 0 saturated carbocycles. The van der Waals surface area contributed by atoms with E-state index >= 15 is 0 Å². The van der Waals surface area contributed by atoms with E-state index in [1.54, 1.807) is 24.7 Å². The highest BCUT2D eigenvalue weighted by Crippen LogP contribution is 2.31. The van der Waals surface area contributed by atoms with Crippen LogP contribution < -0.4 is 5.32 Å². The summed E-state index contributed by atoms with van der Waals surface area (Å²) in [7, 11) is 0. The van der Waals surface area contributed by atoms with Gasteiger partial charge in [0.2, 0.25) is 5.91 Å². The zero-order valence-corrected chi connectivity index (χ0v) is 18.4. The van der Waals surface area contributed by atoms with Crippen molar-refractivity contribution in [3.05, 3.63) is 78.0 Å². The minimum absolute atomic E-state index is 0.0977. The Bertz CT molecular complexity index is 1170. The van der Waals surface area contributed by atoms with E-state index in [2.05, 4.69) is 52.5 Å². The predicted molar refractivity (Wildman–Crippen MR) is 120 cm³/mol. The number of hydrogen-bond donors (Lipinski definition) is 1. The molecule has 0 aliphatic rings. The highest BCUT2D eigenvalue weighted by molar-refractivity contribution is 8.00. The van der Waals surface area contributed by atoms with Gasteiger partial charge in [-0.25, -0.2) is 0 Å². The van der Waals surface area contributed by atoms with Gasteiger partial charge in [0.25, 0.3) is 0 Å². The number of rotatable bonds is 7. The van der Waals surface area contributed by atoms with Crippen LogP contribution in [0.25, 0.3) is 17.1 Å². The summed E-state index contributed by atoms with van der Waals surface area (Å²) in [5.74, 6) is 1.30. The number of pyridine rings is 1. The van der Waals surface area contributed by atoms with E-state index in [1.807, 2.05) is 29.7 Å². The second-order valence-corrected chi connectivity index (χ2v) is 8.54. The lowest BCUT2D eigenvalue weighted by Gasteiger charge is -2.15. The van der Waals surface area contributed by atoms with Crippen molar-refractivity contribution >= 4 is 17.7 Å². The molecule has 31 heavy (non-hydrogen) atoms. The van der Waals surface area contributed by atoms with Crippen molar-refractivity contribution < 1.29 is 9.21 Å². The van der Waals surface area contributed by atoms with Gasteiger partial charge in [-0.15, -0.1) is 10.2 Å². The number of carbonyl (C=O) groups is 1. The first kappa shape index (κ1) is 20.9. The van der Waals surface area contributed by atoms with Crippen LogP contribution in [-0.4, -0.2) is 30.9 Å². The summed E-state index contributed by atoms with van der Waals surface area (Å²) in [6, 6.07) is 13.7. The number of nitrogens with zero attached hydrogens (tertiary/aromatic N) is 4. The third kappa shape index (κ3) is 4.69. The number of nitrogens with one attached hydrogen (secondary N) is 1. The normalized spacial score (nSPS) is 12.0. The Labute approximate surface area is 184 Å². The van der Waals surface area contributed by atoms with Crippen LogP contribution in [0.3, 0.4) is 0 Å². The SMILES string of the molecule is Cc1ccc(-n2c(S[C@@H](C)C(=O)NCc3ccco3)nnc2-c2cccnc2)c(C)c1. The molecular formula is C23H23N5O2S.